The lowest BCUT2D eigenvalue weighted by Gasteiger charge is -2.09. The molecule has 0 saturated carbocycles. The van der Waals surface area contributed by atoms with E-state index < -0.39 is 10.9 Å². The second-order valence-electron chi connectivity index (χ2n) is 5.12. The fourth-order valence-corrected chi connectivity index (χ4v) is 2.14. The van der Waals surface area contributed by atoms with Gasteiger partial charge in [0.05, 0.1) is 10.5 Å². The van der Waals surface area contributed by atoms with Crippen LogP contribution in [0.25, 0.3) is 0 Å². The molecule has 0 radical (unpaired) electrons. The number of non-ortho nitro benzene ring substituents is 1. The Morgan fingerprint density at radius 3 is 2.43 bits per heavy atom. The first-order valence-corrected chi connectivity index (χ1v) is 7.08. The first kappa shape index (κ1) is 16.5. The number of hydrogen-bond donors (Lipinski definition) is 0. The van der Waals surface area contributed by atoms with E-state index in [0.717, 1.165) is 11.1 Å². The number of aryl methyl sites for hydroxylation is 2. The largest absolute Gasteiger partial charge is 0.490 e. The monoisotopic (exact) mass is 315 g/mol. The summed E-state index contributed by atoms with van der Waals surface area (Å²) in [6.45, 7) is 4.22. The maximum atomic E-state index is 11.8. The molecule has 0 heterocycles. The molecular formula is C17H17NO5. The third kappa shape index (κ3) is 4.81. The molecule has 0 aliphatic rings. The smallest absolute Gasteiger partial charge is 0.338 e. The van der Waals surface area contributed by atoms with Gasteiger partial charge in [-0.1, -0.05) is 12.1 Å². The zero-order valence-corrected chi connectivity index (χ0v) is 12.9. The van der Waals surface area contributed by atoms with Gasteiger partial charge in [0.2, 0.25) is 0 Å². The molecule has 0 fully saturated rings. The molecule has 0 aliphatic carbocycles. The van der Waals surface area contributed by atoms with Crippen LogP contribution in [0.2, 0.25) is 0 Å². The Kier molecular flexibility index (Phi) is 5.30. The molecular weight excluding hydrogens is 298 g/mol. The predicted octanol–water partition coefficient (Wildman–Crippen LogP) is 3.45. The van der Waals surface area contributed by atoms with Crippen molar-refractivity contribution < 1.29 is 19.2 Å². The topological polar surface area (TPSA) is 78.7 Å². The minimum Gasteiger partial charge on any atom is -0.490 e. The van der Waals surface area contributed by atoms with E-state index in [9.17, 15) is 14.9 Å². The number of rotatable bonds is 6. The van der Waals surface area contributed by atoms with Crippen LogP contribution in [0.5, 0.6) is 5.75 Å². The number of nitro benzene ring substituents is 1. The van der Waals surface area contributed by atoms with Crippen LogP contribution in [0.3, 0.4) is 0 Å². The highest BCUT2D eigenvalue weighted by molar-refractivity contribution is 5.90. The molecule has 6 heteroatoms. The van der Waals surface area contributed by atoms with E-state index in [2.05, 4.69) is 0 Å². The zero-order chi connectivity index (χ0) is 16.8. The fourth-order valence-electron chi connectivity index (χ4n) is 2.14. The van der Waals surface area contributed by atoms with Crippen LogP contribution in [0.1, 0.15) is 21.5 Å². The van der Waals surface area contributed by atoms with Crippen molar-refractivity contribution in [1.29, 1.82) is 0 Å². The number of nitrogens with zero attached hydrogens (tertiary/aromatic N) is 1. The van der Waals surface area contributed by atoms with E-state index in [4.69, 9.17) is 9.47 Å². The van der Waals surface area contributed by atoms with Gasteiger partial charge in [0.1, 0.15) is 19.0 Å². The van der Waals surface area contributed by atoms with Crippen molar-refractivity contribution in [2.75, 3.05) is 13.2 Å². The number of carbonyl (C=O) groups is 1. The summed E-state index contributed by atoms with van der Waals surface area (Å²) < 4.78 is 10.6. The third-order valence-electron chi connectivity index (χ3n) is 3.07. The van der Waals surface area contributed by atoms with Gasteiger partial charge in [-0.2, -0.15) is 0 Å². The maximum Gasteiger partial charge on any atom is 0.338 e. The highest BCUT2D eigenvalue weighted by Gasteiger charge is 2.12. The van der Waals surface area contributed by atoms with E-state index in [1.165, 1.54) is 24.3 Å². The van der Waals surface area contributed by atoms with Crippen LogP contribution < -0.4 is 4.74 Å². The highest BCUT2D eigenvalue weighted by Crippen LogP contribution is 2.16. The Hall–Kier alpha value is -2.89. The minimum atomic E-state index is -0.613. The number of hydrogen-bond acceptors (Lipinski definition) is 5. The quantitative estimate of drug-likeness (QED) is 0.353. The molecule has 2 aromatic rings. The molecule has 0 unspecified atom stereocenters. The Bertz CT molecular complexity index is 706. The van der Waals surface area contributed by atoms with Gasteiger partial charge >= 0.3 is 5.97 Å². The molecule has 0 spiro atoms. The Morgan fingerprint density at radius 2 is 1.78 bits per heavy atom. The Morgan fingerprint density at radius 1 is 1.09 bits per heavy atom. The molecule has 120 valence electrons. The second kappa shape index (κ2) is 7.40. The van der Waals surface area contributed by atoms with E-state index >= 15 is 0 Å². The fraction of sp³-hybridized carbons (Fsp3) is 0.235. The standard InChI is InChI=1S/C17H17NO5/c1-12-8-13(2)10-16(9-12)22-6-7-23-17(19)14-4-3-5-15(11-14)18(20)21/h3-5,8-11H,6-7H2,1-2H3. The third-order valence-corrected chi connectivity index (χ3v) is 3.07. The Balaban J connectivity index is 1.85. The van der Waals surface area contributed by atoms with Crippen molar-refractivity contribution in [1.82, 2.24) is 0 Å². The molecule has 0 aromatic heterocycles. The minimum absolute atomic E-state index is 0.0640. The van der Waals surface area contributed by atoms with Crippen molar-refractivity contribution in [3.63, 3.8) is 0 Å². The van der Waals surface area contributed by atoms with Crippen molar-refractivity contribution in [2.24, 2.45) is 0 Å². The molecule has 0 amide bonds. The number of benzene rings is 2. The van der Waals surface area contributed by atoms with Crippen molar-refractivity contribution in [3.05, 3.63) is 69.3 Å². The lowest BCUT2D eigenvalue weighted by atomic mass is 10.1. The van der Waals surface area contributed by atoms with Crippen molar-refractivity contribution in [2.45, 2.75) is 13.8 Å². The molecule has 0 saturated heterocycles. The summed E-state index contributed by atoms with van der Waals surface area (Å²) in [5, 5.41) is 10.7. The van der Waals surface area contributed by atoms with Gasteiger partial charge in [0.25, 0.3) is 5.69 Å². The molecule has 2 aromatic carbocycles. The van der Waals surface area contributed by atoms with Gasteiger partial charge < -0.3 is 9.47 Å². The van der Waals surface area contributed by atoms with Gasteiger partial charge in [-0.3, -0.25) is 10.1 Å². The SMILES string of the molecule is Cc1cc(C)cc(OCCOC(=O)c2cccc([N+](=O)[O-])c2)c1. The molecule has 0 atom stereocenters. The predicted molar refractivity (Wildman–Crippen MR) is 84.8 cm³/mol. The summed E-state index contributed by atoms with van der Waals surface area (Å²) in [5.41, 5.74) is 2.18. The summed E-state index contributed by atoms with van der Waals surface area (Å²) in [7, 11) is 0. The summed E-state index contributed by atoms with van der Waals surface area (Å²) in [5.74, 6) is 0.103. The van der Waals surface area contributed by atoms with Gasteiger partial charge in [0, 0.05) is 12.1 Å². The van der Waals surface area contributed by atoms with Gasteiger partial charge in [0.15, 0.2) is 0 Å². The van der Waals surface area contributed by atoms with Crippen LogP contribution >= 0.6 is 0 Å². The molecule has 6 nitrogen and oxygen atoms in total. The normalized spacial score (nSPS) is 10.2. The number of nitro groups is 1. The first-order chi connectivity index (χ1) is 11.0. The molecule has 0 bridgehead atoms. The first-order valence-electron chi connectivity index (χ1n) is 7.08. The lowest BCUT2D eigenvalue weighted by Crippen LogP contribution is -2.12. The average molecular weight is 315 g/mol. The van der Waals surface area contributed by atoms with E-state index in [-0.39, 0.29) is 24.5 Å². The number of ether oxygens (including phenoxy) is 2. The summed E-state index contributed by atoms with van der Waals surface area (Å²) in [6.07, 6.45) is 0. The molecule has 2 rings (SSSR count). The summed E-state index contributed by atoms with van der Waals surface area (Å²) in [4.78, 5) is 22.0. The molecule has 0 aliphatic heterocycles. The lowest BCUT2D eigenvalue weighted by molar-refractivity contribution is -0.384. The highest BCUT2D eigenvalue weighted by atomic mass is 16.6. The summed E-state index contributed by atoms with van der Waals surface area (Å²) in [6, 6.07) is 11.3. The van der Waals surface area contributed by atoms with Crippen LogP contribution in [-0.4, -0.2) is 24.1 Å². The second-order valence-corrected chi connectivity index (χ2v) is 5.12. The number of carbonyl (C=O) groups excluding carboxylic acids is 1. The number of esters is 1. The van der Waals surface area contributed by atoms with Crippen LogP contribution in [0.15, 0.2) is 42.5 Å². The Labute approximate surface area is 133 Å². The van der Waals surface area contributed by atoms with Gasteiger partial charge in [-0.05, 0) is 43.2 Å². The van der Waals surface area contributed by atoms with Crippen molar-refractivity contribution >= 4 is 11.7 Å². The van der Waals surface area contributed by atoms with Crippen molar-refractivity contribution in [3.8, 4) is 5.75 Å². The summed E-state index contributed by atoms with van der Waals surface area (Å²) >= 11 is 0. The van der Waals surface area contributed by atoms with Crippen LogP contribution in [0, 0.1) is 24.0 Å². The van der Waals surface area contributed by atoms with Crippen LogP contribution in [0.4, 0.5) is 5.69 Å². The zero-order valence-electron chi connectivity index (χ0n) is 12.9. The maximum absolute atomic E-state index is 11.8. The van der Waals surface area contributed by atoms with Crippen LogP contribution in [-0.2, 0) is 4.74 Å². The molecule has 0 N–H and O–H groups in total. The molecule has 23 heavy (non-hydrogen) atoms. The van der Waals surface area contributed by atoms with E-state index in [1.807, 2.05) is 32.0 Å². The average Bonchev–Trinajstić information content (AvgIpc) is 2.50. The van der Waals surface area contributed by atoms with Gasteiger partial charge in [-0.15, -0.1) is 0 Å². The van der Waals surface area contributed by atoms with E-state index in [1.54, 1.807) is 0 Å². The van der Waals surface area contributed by atoms with Gasteiger partial charge in [-0.25, -0.2) is 4.79 Å². The van der Waals surface area contributed by atoms with E-state index in [0.29, 0.717) is 5.75 Å².